The molecule has 0 radical (unpaired) electrons. The van der Waals surface area contributed by atoms with Gasteiger partial charge in [-0.05, 0) is 53.7 Å². The Kier molecular flexibility index (Phi) is 3.09. The lowest BCUT2D eigenvalue weighted by atomic mass is 10.1. The van der Waals surface area contributed by atoms with Crippen molar-refractivity contribution in [3.8, 4) is 0 Å². The van der Waals surface area contributed by atoms with Crippen LogP contribution in [0.1, 0.15) is 0 Å². The highest BCUT2D eigenvalue weighted by atomic mass is 19.1. The molecule has 0 unspecified atom stereocenters. The largest absolute Gasteiger partial charge is 0.355 e. The van der Waals surface area contributed by atoms with Gasteiger partial charge in [-0.25, -0.2) is 4.39 Å². The van der Waals surface area contributed by atoms with Crippen LogP contribution in [0.5, 0.6) is 0 Å². The van der Waals surface area contributed by atoms with Gasteiger partial charge < -0.3 is 5.32 Å². The van der Waals surface area contributed by atoms with Crippen LogP contribution < -0.4 is 5.32 Å². The monoisotopic (exact) mass is 267 g/mol. The van der Waals surface area contributed by atoms with Gasteiger partial charge in [-0.1, -0.05) is 0 Å². The first-order valence-electron chi connectivity index (χ1n) is 6.01. The molecule has 0 aliphatic rings. The molecule has 1 aromatic heterocycles. The molecule has 1 N–H and O–H groups in total. The summed E-state index contributed by atoms with van der Waals surface area (Å²) in [5.41, 5.74) is 2.62. The summed E-state index contributed by atoms with van der Waals surface area (Å²) in [6, 6.07) is 12.9. The van der Waals surface area contributed by atoms with E-state index in [1.165, 1.54) is 12.1 Å². The van der Waals surface area contributed by atoms with Gasteiger partial charge in [-0.3, -0.25) is 4.98 Å². The summed E-state index contributed by atoms with van der Waals surface area (Å²) in [5, 5.41) is 6.95. The first-order chi connectivity index (χ1) is 9.76. The van der Waals surface area contributed by atoms with Crippen molar-refractivity contribution in [1.82, 2.24) is 4.98 Å². The highest BCUT2D eigenvalue weighted by molar-refractivity contribution is 5.94. The van der Waals surface area contributed by atoms with Gasteiger partial charge in [0, 0.05) is 23.0 Å². The molecule has 0 fully saturated rings. The number of aromatic nitrogens is 1. The summed E-state index contributed by atoms with van der Waals surface area (Å²) in [5.74, 6) is -0.281. The average Bonchev–Trinajstić information content (AvgIpc) is 2.49. The van der Waals surface area contributed by atoms with E-state index in [4.69, 9.17) is 0 Å². The number of fused-ring (bicyclic) bond motifs is 1. The van der Waals surface area contributed by atoms with E-state index >= 15 is 0 Å². The van der Waals surface area contributed by atoms with Gasteiger partial charge >= 0.3 is 0 Å². The molecule has 0 atom stereocenters. The molecule has 98 valence electrons. The Morgan fingerprint density at radius 2 is 1.85 bits per heavy atom. The summed E-state index contributed by atoms with van der Waals surface area (Å²) in [6.45, 7) is 0. The zero-order valence-electron chi connectivity index (χ0n) is 10.4. The highest BCUT2D eigenvalue weighted by Gasteiger charge is 2.04. The fourth-order valence-corrected chi connectivity index (χ4v) is 1.99. The lowest BCUT2D eigenvalue weighted by Crippen LogP contribution is -1.92. The van der Waals surface area contributed by atoms with Crippen molar-refractivity contribution in [2.75, 3.05) is 5.32 Å². The highest BCUT2D eigenvalue weighted by Crippen LogP contribution is 2.27. The zero-order valence-corrected chi connectivity index (χ0v) is 10.4. The van der Waals surface area contributed by atoms with Crippen LogP contribution in [0.15, 0.2) is 59.9 Å². The molecule has 0 aliphatic heterocycles. The van der Waals surface area contributed by atoms with Crippen molar-refractivity contribution < 1.29 is 4.39 Å². The van der Waals surface area contributed by atoms with Crippen LogP contribution in [0.4, 0.5) is 21.5 Å². The summed E-state index contributed by atoms with van der Waals surface area (Å²) >= 11 is 0. The van der Waals surface area contributed by atoms with Crippen LogP contribution in [0.3, 0.4) is 0 Å². The van der Waals surface area contributed by atoms with Crippen molar-refractivity contribution in [3.63, 3.8) is 0 Å². The fraction of sp³-hybridized carbons (Fsp3) is 0. The van der Waals surface area contributed by atoms with Gasteiger partial charge in [0.15, 0.2) is 0 Å². The predicted octanol–water partition coefficient (Wildman–Crippen LogP) is 4.52. The summed E-state index contributed by atoms with van der Waals surface area (Å²) in [4.78, 5) is 14.7. The van der Waals surface area contributed by atoms with Gasteiger partial charge in [0.25, 0.3) is 0 Å². The molecule has 3 aromatic rings. The van der Waals surface area contributed by atoms with Crippen LogP contribution in [0.2, 0.25) is 0 Å². The molecule has 0 saturated carbocycles. The number of pyridine rings is 1. The Morgan fingerprint density at radius 1 is 1.05 bits per heavy atom. The van der Waals surface area contributed by atoms with Gasteiger partial charge in [0.1, 0.15) is 11.5 Å². The lowest BCUT2D eigenvalue weighted by Gasteiger charge is -2.09. The average molecular weight is 267 g/mol. The number of nitrogens with zero attached hydrogens (tertiary/aromatic N) is 2. The fourth-order valence-electron chi connectivity index (χ4n) is 1.99. The second-order valence-corrected chi connectivity index (χ2v) is 4.28. The molecular weight excluding hydrogens is 257 g/mol. The second kappa shape index (κ2) is 5.05. The van der Waals surface area contributed by atoms with E-state index in [1.54, 1.807) is 36.5 Å². The number of hydrogen-bond donors (Lipinski definition) is 1. The van der Waals surface area contributed by atoms with Crippen molar-refractivity contribution in [3.05, 3.63) is 65.5 Å². The number of halogens is 1. The normalized spacial score (nSPS) is 10.4. The molecule has 0 aliphatic carbocycles. The molecule has 0 amide bonds. The van der Waals surface area contributed by atoms with E-state index in [-0.39, 0.29) is 5.82 Å². The molecule has 0 spiro atoms. The van der Waals surface area contributed by atoms with E-state index in [2.05, 4.69) is 15.5 Å². The molecule has 0 saturated heterocycles. The van der Waals surface area contributed by atoms with Crippen LogP contribution >= 0.6 is 0 Å². The Bertz CT molecular complexity index is 772. The lowest BCUT2D eigenvalue weighted by molar-refractivity contribution is 0.628. The topological polar surface area (TPSA) is 54.4 Å². The van der Waals surface area contributed by atoms with E-state index in [9.17, 15) is 9.30 Å². The Labute approximate surface area is 114 Å². The first kappa shape index (κ1) is 12.2. The molecule has 20 heavy (non-hydrogen) atoms. The number of nitrogens with one attached hydrogen (secondary N) is 1. The first-order valence-corrected chi connectivity index (χ1v) is 6.01. The predicted molar refractivity (Wildman–Crippen MR) is 76.9 cm³/mol. The third kappa shape index (κ3) is 2.33. The number of benzene rings is 2. The van der Waals surface area contributed by atoms with Gasteiger partial charge in [0.05, 0.1) is 5.52 Å². The zero-order chi connectivity index (χ0) is 13.9. The van der Waals surface area contributed by atoms with Gasteiger partial charge in [-0.2, -0.15) is 0 Å². The number of anilines is 2. The van der Waals surface area contributed by atoms with Crippen LogP contribution in [-0.2, 0) is 0 Å². The summed E-state index contributed by atoms with van der Waals surface area (Å²) in [7, 11) is 0. The minimum absolute atomic E-state index is 0.281. The van der Waals surface area contributed by atoms with Crippen molar-refractivity contribution >= 4 is 28.0 Å². The smallest absolute Gasteiger partial charge is 0.123 e. The van der Waals surface area contributed by atoms with Gasteiger partial charge in [-0.15, -0.1) is 4.91 Å². The summed E-state index contributed by atoms with van der Waals surface area (Å²) < 4.78 is 12.9. The van der Waals surface area contributed by atoms with Crippen molar-refractivity contribution in [2.24, 2.45) is 5.18 Å². The maximum Gasteiger partial charge on any atom is 0.123 e. The molecule has 4 nitrogen and oxygen atoms in total. The maximum atomic E-state index is 12.9. The van der Waals surface area contributed by atoms with E-state index in [0.717, 1.165) is 16.8 Å². The van der Waals surface area contributed by atoms with Crippen LogP contribution in [-0.4, -0.2) is 4.98 Å². The molecule has 3 rings (SSSR count). The molecule has 1 heterocycles. The third-order valence-corrected chi connectivity index (χ3v) is 2.95. The quantitative estimate of drug-likeness (QED) is 0.710. The SMILES string of the molecule is O=Nc1ccc2c(Nc3ccc(F)cc3)ccnc2c1. The number of hydrogen-bond acceptors (Lipinski definition) is 4. The Balaban J connectivity index is 2.03. The Hall–Kier alpha value is -2.82. The van der Waals surface area contributed by atoms with Crippen molar-refractivity contribution in [1.29, 1.82) is 0 Å². The van der Waals surface area contributed by atoms with Crippen molar-refractivity contribution in [2.45, 2.75) is 0 Å². The minimum Gasteiger partial charge on any atom is -0.355 e. The van der Waals surface area contributed by atoms with Crippen LogP contribution in [0.25, 0.3) is 10.9 Å². The third-order valence-electron chi connectivity index (χ3n) is 2.95. The minimum atomic E-state index is -0.281. The number of rotatable bonds is 3. The summed E-state index contributed by atoms with van der Waals surface area (Å²) in [6.07, 6.45) is 1.64. The molecular formula is C15H10FN3O. The maximum absolute atomic E-state index is 12.9. The van der Waals surface area contributed by atoms with E-state index in [1.807, 2.05) is 6.07 Å². The second-order valence-electron chi connectivity index (χ2n) is 4.28. The van der Waals surface area contributed by atoms with E-state index < -0.39 is 0 Å². The van der Waals surface area contributed by atoms with E-state index in [0.29, 0.717) is 11.2 Å². The molecule has 5 heteroatoms. The van der Waals surface area contributed by atoms with Gasteiger partial charge in [0.2, 0.25) is 0 Å². The molecule has 0 bridgehead atoms. The standard InChI is InChI=1S/C15H10FN3O/c16-10-1-3-11(4-2-10)18-14-7-8-17-15-9-12(19-20)5-6-13(14)15/h1-9H,(H,17,18). The Morgan fingerprint density at radius 3 is 2.60 bits per heavy atom. The van der Waals surface area contributed by atoms with Crippen LogP contribution in [0, 0.1) is 10.7 Å². The molecule has 2 aromatic carbocycles. The number of nitroso groups, excluding NO2 is 1.